The molecule has 1 aromatic rings. The van der Waals surface area contributed by atoms with E-state index in [-0.39, 0.29) is 17.5 Å². The zero-order valence-electron chi connectivity index (χ0n) is 11.3. The average Bonchev–Trinajstić information content (AvgIpc) is 2.60. The quantitative estimate of drug-likeness (QED) is 0.785. The number of nitrogens with zero attached hydrogens (tertiary/aromatic N) is 1. The Morgan fingerprint density at radius 2 is 1.94 bits per heavy atom. The van der Waals surface area contributed by atoms with Crippen LogP contribution in [0.2, 0.25) is 0 Å². The minimum atomic E-state index is -0.151. The Morgan fingerprint density at radius 1 is 1.22 bits per heavy atom. The van der Waals surface area contributed by atoms with Gasteiger partial charge in [0.25, 0.3) is 0 Å². The number of benzene rings is 1. The highest BCUT2D eigenvalue weighted by molar-refractivity contribution is 5.21. The third kappa shape index (κ3) is 1.55. The van der Waals surface area contributed by atoms with Gasteiger partial charge >= 0.3 is 0 Å². The molecule has 1 saturated carbocycles. The Hall–Kier alpha value is -0.890. The zero-order valence-corrected chi connectivity index (χ0v) is 11.3. The summed E-state index contributed by atoms with van der Waals surface area (Å²) in [6.45, 7) is 6.34. The molecule has 2 heteroatoms. The molecule has 0 spiro atoms. The van der Waals surface area contributed by atoms with Crippen molar-refractivity contribution >= 4 is 0 Å². The van der Waals surface area contributed by atoms with Gasteiger partial charge in [-0.2, -0.15) is 0 Å². The minimum Gasteiger partial charge on any atom is -0.295 e. The number of fused-ring (bicyclic) bond motifs is 1. The van der Waals surface area contributed by atoms with Gasteiger partial charge in [-0.1, -0.05) is 37.3 Å². The van der Waals surface area contributed by atoms with Crippen molar-refractivity contribution in [3.05, 3.63) is 35.9 Å². The summed E-state index contributed by atoms with van der Waals surface area (Å²) in [5, 5.41) is 0. The number of alkyl halides is 1. The molecule has 1 aliphatic carbocycles. The smallest absolute Gasteiger partial charge is 0.0968 e. The lowest BCUT2D eigenvalue weighted by Crippen LogP contribution is -2.49. The fourth-order valence-electron chi connectivity index (χ4n) is 3.80. The van der Waals surface area contributed by atoms with E-state index in [4.69, 9.17) is 0 Å². The number of hydrogen-bond acceptors (Lipinski definition) is 1. The van der Waals surface area contributed by atoms with Gasteiger partial charge in [0.2, 0.25) is 0 Å². The van der Waals surface area contributed by atoms with Crippen LogP contribution in [0, 0.1) is 10.8 Å². The maximum Gasteiger partial charge on any atom is 0.0968 e. The Balaban J connectivity index is 1.80. The topological polar surface area (TPSA) is 3.24 Å². The van der Waals surface area contributed by atoms with Gasteiger partial charge in [-0.05, 0) is 30.7 Å². The molecule has 1 heterocycles. The Kier molecular flexibility index (Phi) is 2.74. The van der Waals surface area contributed by atoms with Crippen molar-refractivity contribution in [1.82, 2.24) is 4.90 Å². The number of halogens is 1. The molecule has 3 rings (SSSR count). The first-order valence-corrected chi connectivity index (χ1v) is 6.95. The van der Waals surface area contributed by atoms with Gasteiger partial charge in [0.15, 0.2) is 0 Å². The summed E-state index contributed by atoms with van der Waals surface area (Å²) >= 11 is 0. The third-order valence-corrected chi connectivity index (χ3v) is 5.58. The summed E-state index contributed by atoms with van der Waals surface area (Å²) in [5.74, 6) is 0. The fraction of sp³-hybridized carbons (Fsp3) is 0.625. The Morgan fingerprint density at radius 3 is 2.44 bits per heavy atom. The maximum atomic E-state index is 13.4. The third-order valence-electron chi connectivity index (χ3n) is 5.58. The maximum absolute atomic E-state index is 13.4. The second-order valence-corrected chi connectivity index (χ2v) is 6.47. The lowest BCUT2D eigenvalue weighted by Gasteiger charge is -2.51. The van der Waals surface area contributed by atoms with Crippen molar-refractivity contribution in [1.29, 1.82) is 0 Å². The van der Waals surface area contributed by atoms with Crippen LogP contribution in [0.25, 0.3) is 0 Å². The summed E-state index contributed by atoms with van der Waals surface area (Å²) in [4.78, 5) is 2.47. The van der Waals surface area contributed by atoms with Crippen molar-refractivity contribution in [2.45, 2.75) is 32.7 Å². The largest absolute Gasteiger partial charge is 0.295 e. The molecule has 0 bridgehead atoms. The van der Waals surface area contributed by atoms with E-state index in [0.717, 1.165) is 19.5 Å². The molecule has 3 unspecified atom stereocenters. The number of likely N-dealkylation sites (tertiary alicyclic amines) is 1. The molecule has 1 nitrogen and oxygen atoms in total. The van der Waals surface area contributed by atoms with Crippen LogP contribution in [-0.4, -0.2) is 24.7 Å². The van der Waals surface area contributed by atoms with Crippen LogP contribution >= 0.6 is 0 Å². The van der Waals surface area contributed by atoms with E-state index < -0.39 is 0 Å². The van der Waals surface area contributed by atoms with Crippen LogP contribution in [0.15, 0.2) is 30.3 Å². The average molecular weight is 247 g/mol. The van der Waals surface area contributed by atoms with Crippen LogP contribution in [-0.2, 0) is 0 Å². The molecule has 0 radical (unpaired) electrons. The van der Waals surface area contributed by atoms with E-state index in [9.17, 15) is 4.39 Å². The summed E-state index contributed by atoms with van der Waals surface area (Å²) in [6.07, 6.45) is 2.26. The molecule has 2 aliphatic rings. The van der Waals surface area contributed by atoms with Crippen LogP contribution in [0.3, 0.4) is 0 Å². The fourth-order valence-corrected chi connectivity index (χ4v) is 3.80. The Labute approximate surface area is 109 Å². The van der Waals surface area contributed by atoms with Crippen LogP contribution in [0.5, 0.6) is 0 Å². The molecule has 0 aromatic heterocycles. The SMILES string of the molecule is CC(c1ccccc1)N1CC2(C)CCC2(CF)C1. The standard InChI is InChI=1S/C16H22FN/c1-13(14-6-4-3-5-7-14)18-11-15(2)8-9-16(15,10-17)12-18/h3-7,13H,8-12H2,1-2H3. The van der Waals surface area contributed by atoms with Crippen molar-refractivity contribution in [2.24, 2.45) is 10.8 Å². The van der Waals surface area contributed by atoms with Gasteiger partial charge in [0, 0.05) is 24.5 Å². The number of hydrogen-bond donors (Lipinski definition) is 0. The molecule has 2 fully saturated rings. The highest BCUT2D eigenvalue weighted by atomic mass is 19.1. The van der Waals surface area contributed by atoms with E-state index in [2.05, 4.69) is 43.0 Å². The zero-order chi connectivity index (χ0) is 12.8. The van der Waals surface area contributed by atoms with Gasteiger partial charge in [0.05, 0.1) is 6.67 Å². The first kappa shape index (κ1) is 12.2. The van der Waals surface area contributed by atoms with E-state index in [1.54, 1.807) is 0 Å². The van der Waals surface area contributed by atoms with Crippen LogP contribution in [0.1, 0.15) is 38.3 Å². The molecule has 1 aromatic carbocycles. The van der Waals surface area contributed by atoms with Crippen LogP contribution < -0.4 is 0 Å². The highest BCUT2D eigenvalue weighted by Crippen LogP contribution is 2.62. The molecule has 0 amide bonds. The molecule has 1 aliphatic heterocycles. The van der Waals surface area contributed by atoms with E-state index in [1.165, 1.54) is 12.0 Å². The predicted octanol–water partition coefficient (Wildman–Crippen LogP) is 3.82. The van der Waals surface area contributed by atoms with Gasteiger partial charge in [-0.3, -0.25) is 9.29 Å². The van der Waals surface area contributed by atoms with Crippen molar-refractivity contribution in [2.75, 3.05) is 19.8 Å². The second-order valence-electron chi connectivity index (χ2n) is 6.47. The summed E-state index contributed by atoms with van der Waals surface area (Å²) in [5.41, 5.74) is 1.51. The summed E-state index contributed by atoms with van der Waals surface area (Å²) in [6, 6.07) is 11.0. The summed E-state index contributed by atoms with van der Waals surface area (Å²) < 4.78 is 13.4. The van der Waals surface area contributed by atoms with Gasteiger partial charge in [-0.15, -0.1) is 0 Å². The van der Waals surface area contributed by atoms with E-state index in [0.29, 0.717) is 6.04 Å². The minimum absolute atomic E-state index is 0.0456. The first-order valence-electron chi connectivity index (χ1n) is 6.95. The monoisotopic (exact) mass is 247 g/mol. The molecular formula is C16H22FN. The number of rotatable bonds is 3. The molecular weight excluding hydrogens is 225 g/mol. The normalized spacial score (nSPS) is 37.1. The predicted molar refractivity (Wildman–Crippen MR) is 72.2 cm³/mol. The lowest BCUT2D eigenvalue weighted by atomic mass is 9.53. The summed E-state index contributed by atoms with van der Waals surface area (Å²) in [7, 11) is 0. The van der Waals surface area contributed by atoms with Gasteiger partial charge in [-0.25, -0.2) is 0 Å². The molecule has 3 atom stereocenters. The van der Waals surface area contributed by atoms with Crippen molar-refractivity contribution in [3.8, 4) is 0 Å². The van der Waals surface area contributed by atoms with Gasteiger partial charge in [0.1, 0.15) is 0 Å². The van der Waals surface area contributed by atoms with Crippen LogP contribution in [0.4, 0.5) is 4.39 Å². The van der Waals surface area contributed by atoms with Crippen molar-refractivity contribution < 1.29 is 4.39 Å². The molecule has 98 valence electrons. The molecule has 0 N–H and O–H groups in total. The van der Waals surface area contributed by atoms with Crippen molar-refractivity contribution in [3.63, 3.8) is 0 Å². The molecule has 18 heavy (non-hydrogen) atoms. The Bertz CT molecular complexity index is 428. The van der Waals surface area contributed by atoms with Gasteiger partial charge < -0.3 is 0 Å². The lowest BCUT2D eigenvalue weighted by molar-refractivity contribution is -0.0342. The molecule has 1 saturated heterocycles. The van der Waals surface area contributed by atoms with E-state index in [1.807, 2.05) is 6.07 Å². The highest BCUT2D eigenvalue weighted by Gasteiger charge is 2.61. The second kappa shape index (κ2) is 4.06. The first-order chi connectivity index (χ1) is 8.60. The van der Waals surface area contributed by atoms with E-state index >= 15 is 0 Å².